The smallest absolute Gasteiger partial charge is 0.0658 e. The molecule has 0 aliphatic carbocycles. The monoisotopic (exact) mass is 707 g/mol. The van der Waals surface area contributed by atoms with Crippen molar-refractivity contribution in [3.63, 3.8) is 0 Å². The van der Waals surface area contributed by atoms with Crippen molar-refractivity contribution in [3.05, 3.63) is 93.1 Å². The quantitative estimate of drug-likeness (QED) is 0.183. The predicted molar refractivity (Wildman–Crippen MR) is 137 cm³/mol. The molecule has 6 heteroatoms. The zero-order chi connectivity index (χ0) is 20.8. The molecule has 2 aliphatic heterocycles. The van der Waals surface area contributed by atoms with Crippen LogP contribution in [0.15, 0.2) is 66.7 Å². The molecule has 0 saturated heterocycles. The van der Waals surface area contributed by atoms with Crippen LogP contribution in [0.4, 0.5) is 0 Å². The summed E-state index contributed by atoms with van der Waals surface area (Å²) in [6, 6.07) is 23.2. The summed E-state index contributed by atoms with van der Waals surface area (Å²) in [5.41, 5.74) is 10.1. The number of fused-ring (bicyclic) bond motifs is 8. The van der Waals surface area contributed by atoms with Crippen LogP contribution in [0.1, 0.15) is 22.8 Å². The van der Waals surface area contributed by atoms with Gasteiger partial charge in [-0.1, -0.05) is 12.1 Å². The van der Waals surface area contributed by atoms with E-state index in [4.69, 9.17) is 9.97 Å². The minimum absolute atomic E-state index is 0. The van der Waals surface area contributed by atoms with E-state index >= 15 is 0 Å². The zero-order valence-electron chi connectivity index (χ0n) is 16.7. The van der Waals surface area contributed by atoms with E-state index in [-0.39, 0.29) is 21.1 Å². The second kappa shape index (κ2) is 8.64. The van der Waals surface area contributed by atoms with Crippen molar-refractivity contribution in [1.82, 2.24) is 19.9 Å². The van der Waals surface area contributed by atoms with Gasteiger partial charge in [0.25, 0.3) is 0 Å². The first-order valence-electron chi connectivity index (χ1n) is 10.0. The summed E-state index contributed by atoms with van der Waals surface area (Å²) >= 11 is 2.33. The Labute approximate surface area is 213 Å². The molecule has 0 radical (unpaired) electrons. The Kier molecular flexibility index (Phi) is 5.70. The number of nitrogens with zero attached hydrogens (tertiary/aromatic N) is 2. The van der Waals surface area contributed by atoms with Crippen LogP contribution in [0.5, 0.6) is 0 Å². The van der Waals surface area contributed by atoms with Gasteiger partial charge in [-0.15, -0.1) is 0 Å². The summed E-state index contributed by atoms with van der Waals surface area (Å²) in [6.45, 7) is 0. The number of hydrogen-bond donors (Lipinski definition) is 2. The molecule has 5 heterocycles. The Morgan fingerprint density at radius 3 is 1.69 bits per heavy atom. The number of aromatic nitrogens is 4. The molecule has 4 aromatic rings. The van der Waals surface area contributed by atoms with Crippen molar-refractivity contribution in [2.75, 3.05) is 0 Å². The molecule has 6 rings (SSSR count). The number of H-pyrrole nitrogens is 2. The Bertz CT molecular complexity index is 1540. The first-order valence-corrected chi connectivity index (χ1v) is 11.1. The number of rotatable bonds is 1. The number of halogens is 1. The van der Waals surface area contributed by atoms with Crippen LogP contribution >= 0.6 is 22.6 Å². The predicted octanol–water partition coefficient (Wildman–Crippen LogP) is 6.92. The van der Waals surface area contributed by atoms with Gasteiger partial charge in [0, 0.05) is 52.3 Å². The van der Waals surface area contributed by atoms with Gasteiger partial charge < -0.3 is 9.97 Å². The zero-order valence-corrected chi connectivity index (χ0v) is 21.2. The standard InChI is InChI=1S/C26H17IN4.Pt/c27-17-3-1-16(2-4-17)25-14-24-13-22-8-7-20(29-22)11-18-5-6-19(28-18)12-21-9-10-23(30-21)15-26(25)31-24;/h1-15,28,31H;. The van der Waals surface area contributed by atoms with Gasteiger partial charge in [0.1, 0.15) is 0 Å². The van der Waals surface area contributed by atoms with E-state index in [2.05, 4.69) is 99.3 Å². The second-order valence-corrected chi connectivity index (χ2v) is 8.84. The SMILES string of the molecule is Ic1ccc(-c2cc3cc4nc(cc5ccc(cc6nc(cc2[nH]3)C=C6)[nH]5)C=C4)cc1.[Pt]. The molecule has 1 aromatic carbocycles. The van der Waals surface area contributed by atoms with Crippen LogP contribution in [0, 0.1) is 3.57 Å². The van der Waals surface area contributed by atoms with E-state index < -0.39 is 0 Å². The van der Waals surface area contributed by atoms with E-state index in [0.717, 1.165) is 50.4 Å². The third-order valence-electron chi connectivity index (χ3n) is 5.32. The van der Waals surface area contributed by atoms with E-state index in [9.17, 15) is 0 Å². The summed E-state index contributed by atoms with van der Waals surface area (Å²) in [5.74, 6) is 0. The van der Waals surface area contributed by atoms with Crippen LogP contribution in [-0.4, -0.2) is 19.9 Å². The van der Waals surface area contributed by atoms with Gasteiger partial charge in [-0.05, 0) is 107 Å². The van der Waals surface area contributed by atoms with Crippen LogP contribution < -0.4 is 0 Å². The molecule has 2 N–H and O–H groups in total. The Hall–Kier alpha value is -2.76. The molecule has 0 fully saturated rings. The van der Waals surface area contributed by atoms with Crippen molar-refractivity contribution in [2.24, 2.45) is 0 Å². The van der Waals surface area contributed by atoms with Crippen LogP contribution in [0.2, 0.25) is 0 Å². The van der Waals surface area contributed by atoms with E-state index in [1.807, 2.05) is 24.3 Å². The number of benzene rings is 1. The summed E-state index contributed by atoms with van der Waals surface area (Å²) in [5, 5.41) is 0. The van der Waals surface area contributed by atoms with Crippen molar-refractivity contribution >= 4 is 69.0 Å². The van der Waals surface area contributed by atoms with Crippen LogP contribution in [0.3, 0.4) is 0 Å². The summed E-state index contributed by atoms with van der Waals surface area (Å²) < 4.78 is 1.22. The maximum atomic E-state index is 4.78. The van der Waals surface area contributed by atoms with Gasteiger partial charge >= 0.3 is 0 Å². The van der Waals surface area contributed by atoms with E-state index in [0.29, 0.717) is 0 Å². The van der Waals surface area contributed by atoms with Gasteiger partial charge in [-0.2, -0.15) is 0 Å². The molecule has 0 unspecified atom stereocenters. The second-order valence-electron chi connectivity index (χ2n) is 7.60. The first kappa shape index (κ1) is 21.1. The number of nitrogens with one attached hydrogen (secondary N) is 2. The van der Waals surface area contributed by atoms with Gasteiger partial charge in [0.2, 0.25) is 0 Å². The maximum absolute atomic E-state index is 4.78. The topological polar surface area (TPSA) is 57.4 Å². The fourth-order valence-corrected chi connectivity index (χ4v) is 4.25. The minimum atomic E-state index is 0. The minimum Gasteiger partial charge on any atom is -0.355 e. The maximum Gasteiger partial charge on any atom is 0.0658 e. The molecular weight excluding hydrogens is 690 g/mol. The summed E-state index contributed by atoms with van der Waals surface area (Å²) in [6.07, 6.45) is 8.17. The van der Waals surface area contributed by atoms with Gasteiger partial charge in [-0.25, -0.2) is 9.97 Å². The Morgan fingerprint density at radius 1 is 0.562 bits per heavy atom. The normalized spacial score (nSPS) is 12.0. The molecule has 0 saturated carbocycles. The molecule has 158 valence electrons. The molecule has 4 nitrogen and oxygen atoms in total. The third kappa shape index (κ3) is 4.27. The molecule has 32 heavy (non-hydrogen) atoms. The average molecular weight is 707 g/mol. The molecule has 8 bridgehead atoms. The van der Waals surface area contributed by atoms with Crippen molar-refractivity contribution in [2.45, 2.75) is 0 Å². The molecule has 3 aromatic heterocycles. The molecule has 0 atom stereocenters. The van der Waals surface area contributed by atoms with Crippen molar-refractivity contribution in [1.29, 1.82) is 0 Å². The van der Waals surface area contributed by atoms with Crippen LogP contribution in [-0.2, 0) is 21.1 Å². The average Bonchev–Trinajstić information content (AvgIpc) is 3.54. The molecular formula is C26H17IN4Pt. The van der Waals surface area contributed by atoms with Gasteiger partial charge in [0.05, 0.1) is 22.8 Å². The fraction of sp³-hybridized carbons (Fsp3) is 0. The van der Waals surface area contributed by atoms with E-state index in [1.165, 1.54) is 9.13 Å². The molecule has 0 spiro atoms. The molecule has 0 amide bonds. The van der Waals surface area contributed by atoms with Gasteiger partial charge in [-0.3, -0.25) is 0 Å². The summed E-state index contributed by atoms with van der Waals surface area (Å²) in [4.78, 5) is 16.5. The van der Waals surface area contributed by atoms with Gasteiger partial charge in [0.15, 0.2) is 0 Å². The van der Waals surface area contributed by atoms with Crippen LogP contribution in [0.25, 0.3) is 57.5 Å². The van der Waals surface area contributed by atoms with Crippen molar-refractivity contribution < 1.29 is 21.1 Å². The summed E-state index contributed by atoms with van der Waals surface area (Å²) in [7, 11) is 0. The Morgan fingerprint density at radius 2 is 1.09 bits per heavy atom. The Balaban J connectivity index is 0.00000216. The first-order chi connectivity index (χ1) is 15.2. The number of hydrogen-bond acceptors (Lipinski definition) is 2. The third-order valence-corrected chi connectivity index (χ3v) is 6.04. The largest absolute Gasteiger partial charge is 0.355 e. The van der Waals surface area contributed by atoms with Crippen molar-refractivity contribution in [3.8, 4) is 11.1 Å². The number of aromatic amines is 2. The fourth-order valence-electron chi connectivity index (χ4n) is 3.89. The molecule has 2 aliphatic rings. The van der Waals surface area contributed by atoms with E-state index in [1.54, 1.807) is 0 Å².